The van der Waals surface area contributed by atoms with Gasteiger partial charge in [0.05, 0.1) is 0 Å². The Hall–Kier alpha value is -1.38. The van der Waals surface area contributed by atoms with E-state index in [1.54, 1.807) is 12.2 Å². The van der Waals surface area contributed by atoms with E-state index in [0.29, 0.717) is 0 Å². The van der Waals surface area contributed by atoms with Crippen molar-refractivity contribution in [2.45, 2.75) is 71.1 Å². The van der Waals surface area contributed by atoms with Crippen molar-refractivity contribution in [3.63, 3.8) is 0 Å². The average molecular weight is 280 g/mol. The smallest absolute Gasteiger partial charge is 0.372 e. The van der Waals surface area contributed by atoms with E-state index in [0.717, 1.165) is 6.42 Å². The molecule has 0 saturated heterocycles. The van der Waals surface area contributed by atoms with Gasteiger partial charge in [-0.2, -0.15) is 0 Å². The second-order valence-corrected chi connectivity index (χ2v) is 5.05. The van der Waals surface area contributed by atoms with E-state index in [1.165, 1.54) is 51.4 Å². The maximum Gasteiger partial charge on any atom is 0.372 e. The SMILES string of the molecule is CCCCCCCCCCC=CC=CCC(=O)C(=O)O. The zero-order valence-corrected chi connectivity index (χ0v) is 12.6. The van der Waals surface area contributed by atoms with Crippen molar-refractivity contribution in [1.29, 1.82) is 0 Å². The molecule has 0 aromatic carbocycles. The Morgan fingerprint density at radius 1 is 0.850 bits per heavy atom. The highest BCUT2D eigenvalue weighted by molar-refractivity contribution is 6.33. The molecule has 0 bridgehead atoms. The lowest BCUT2D eigenvalue weighted by Gasteiger charge is -1.99. The molecule has 0 unspecified atom stereocenters. The summed E-state index contributed by atoms with van der Waals surface area (Å²) in [5.74, 6) is -2.13. The van der Waals surface area contributed by atoms with Crippen LogP contribution in [0.4, 0.5) is 0 Å². The molecule has 0 spiro atoms. The van der Waals surface area contributed by atoms with E-state index in [-0.39, 0.29) is 6.42 Å². The lowest BCUT2D eigenvalue weighted by Crippen LogP contribution is -2.10. The van der Waals surface area contributed by atoms with Crippen LogP contribution >= 0.6 is 0 Å². The quantitative estimate of drug-likeness (QED) is 0.303. The number of unbranched alkanes of at least 4 members (excludes halogenated alkanes) is 8. The molecule has 0 fully saturated rings. The number of carboxylic acid groups (broad SMARTS) is 1. The summed E-state index contributed by atoms with van der Waals surface area (Å²) < 4.78 is 0. The summed E-state index contributed by atoms with van der Waals surface area (Å²) >= 11 is 0. The second-order valence-electron chi connectivity index (χ2n) is 5.05. The summed E-state index contributed by atoms with van der Waals surface area (Å²) in [6, 6.07) is 0. The number of carboxylic acids is 1. The zero-order chi connectivity index (χ0) is 15.1. The van der Waals surface area contributed by atoms with E-state index in [1.807, 2.05) is 6.08 Å². The van der Waals surface area contributed by atoms with Gasteiger partial charge in [0.2, 0.25) is 5.78 Å². The first-order valence-electron chi connectivity index (χ1n) is 7.76. The maximum atomic E-state index is 10.8. The van der Waals surface area contributed by atoms with Crippen LogP contribution in [0.5, 0.6) is 0 Å². The highest BCUT2D eigenvalue weighted by Crippen LogP contribution is 2.09. The number of carbonyl (C=O) groups excluding carboxylic acids is 1. The summed E-state index contributed by atoms with van der Waals surface area (Å²) in [7, 11) is 0. The van der Waals surface area contributed by atoms with Crippen molar-refractivity contribution in [1.82, 2.24) is 0 Å². The Bertz CT molecular complexity index is 316. The molecule has 3 nitrogen and oxygen atoms in total. The predicted octanol–water partition coefficient (Wildman–Crippen LogP) is 4.67. The van der Waals surface area contributed by atoms with Gasteiger partial charge in [0.1, 0.15) is 0 Å². The third-order valence-corrected chi connectivity index (χ3v) is 3.15. The fourth-order valence-electron chi connectivity index (χ4n) is 1.91. The molecule has 0 amide bonds. The summed E-state index contributed by atoms with van der Waals surface area (Å²) in [5, 5.41) is 8.37. The predicted molar refractivity (Wildman–Crippen MR) is 82.8 cm³/mol. The Morgan fingerprint density at radius 2 is 1.40 bits per heavy atom. The molecule has 3 heteroatoms. The van der Waals surface area contributed by atoms with Crippen LogP contribution in [0.3, 0.4) is 0 Å². The standard InChI is InChI=1S/C17H28O3/c1-2-3-4-5-6-7-8-9-10-11-12-13-14-15-16(18)17(19)20/h11-14H,2-10,15H2,1H3,(H,19,20). The van der Waals surface area contributed by atoms with Crippen LogP contribution in [-0.4, -0.2) is 16.9 Å². The third kappa shape index (κ3) is 13.1. The number of hydrogen-bond acceptors (Lipinski definition) is 2. The molecule has 0 aliphatic carbocycles. The van der Waals surface area contributed by atoms with Gasteiger partial charge in [0.15, 0.2) is 0 Å². The van der Waals surface area contributed by atoms with Crippen LogP contribution in [0.25, 0.3) is 0 Å². The van der Waals surface area contributed by atoms with Crippen LogP contribution in [-0.2, 0) is 9.59 Å². The molecule has 0 aromatic heterocycles. The van der Waals surface area contributed by atoms with Crippen molar-refractivity contribution < 1.29 is 14.7 Å². The van der Waals surface area contributed by atoms with Crippen molar-refractivity contribution in [2.75, 3.05) is 0 Å². The molecule has 20 heavy (non-hydrogen) atoms. The van der Waals surface area contributed by atoms with Gasteiger partial charge in [-0.1, -0.05) is 76.2 Å². The van der Waals surface area contributed by atoms with Crippen LogP contribution in [0, 0.1) is 0 Å². The van der Waals surface area contributed by atoms with Gasteiger partial charge in [0, 0.05) is 6.42 Å². The third-order valence-electron chi connectivity index (χ3n) is 3.15. The lowest BCUT2D eigenvalue weighted by molar-refractivity contribution is -0.148. The first kappa shape index (κ1) is 18.6. The number of ketones is 1. The minimum Gasteiger partial charge on any atom is -0.475 e. The number of rotatable bonds is 13. The van der Waals surface area contributed by atoms with E-state index in [4.69, 9.17) is 5.11 Å². The van der Waals surface area contributed by atoms with Crippen molar-refractivity contribution >= 4 is 11.8 Å². The molecule has 114 valence electrons. The van der Waals surface area contributed by atoms with E-state index >= 15 is 0 Å². The minimum absolute atomic E-state index is 0.0303. The molecule has 1 N–H and O–H groups in total. The number of Topliss-reactive ketones (excluding diaryl/α,β-unsaturated/α-hetero) is 1. The number of allylic oxidation sites excluding steroid dienone is 4. The summed E-state index contributed by atoms with van der Waals surface area (Å²) in [5.41, 5.74) is 0. The van der Waals surface area contributed by atoms with E-state index < -0.39 is 11.8 Å². The highest BCUT2D eigenvalue weighted by Gasteiger charge is 2.07. The van der Waals surface area contributed by atoms with Crippen molar-refractivity contribution in [3.05, 3.63) is 24.3 Å². The maximum absolute atomic E-state index is 10.8. The second kappa shape index (κ2) is 14.0. The summed E-state index contributed by atoms with van der Waals surface area (Å²) in [6.45, 7) is 2.23. The van der Waals surface area contributed by atoms with Crippen molar-refractivity contribution in [2.24, 2.45) is 0 Å². The Kier molecular flexibility index (Phi) is 13.1. The van der Waals surface area contributed by atoms with Gasteiger partial charge in [-0.3, -0.25) is 4.79 Å². The topological polar surface area (TPSA) is 54.4 Å². The van der Waals surface area contributed by atoms with Crippen LogP contribution < -0.4 is 0 Å². The normalized spacial score (nSPS) is 11.4. The molecular weight excluding hydrogens is 252 g/mol. The molecule has 0 atom stereocenters. The summed E-state index contributed by atoms with van der Waals surface area (Å²) in [4.78, 5) is 21.0. The Morgan fingerprint density at radius 3 is 2.00 bits per heavy atom. The molecule has 0 aromatic rings. The summed E-state index contributed by atoms with van der Waals surface area (Å²) in [6.07, 6.45) is 18.8. The Balaban J connectivity index is 3.33. The van der Waals surface area contributed by atoms with E-state index in [2.05, 4.69) is 13.0 Å². The lowest BCUT2D eigenvalue weighted by atomic mass is 10.1. The van der Waals surface area contributed by atoms with Gasteiger partial charge < -0.3 is 5.11 Å². The first-order chi connectivity index (χ1) is 9.68. The molecule has 0 saturated carbocycles. The largest absolute Gasteiger partial charge is 0.475 e. The van der Waals surface area contributed by atoms with Crippen LogP contribution in [0.2, 0.25) is 0 Å². The molecule has 0 aliphatic rings. The van der Waals surface area contributed by atoms with Gasteiger partial charge in [-0.25, -0.2) is 4.79 Å². The average Bonchev–Trinajstić information content (AvgIpc) is 2.43. The molecule has 0 aliphatic heterocycles. The van der Waals surface area contributed by atoms with Gasteiger partial charge >= 0.3 is 5.97 Å². The van der Waals surface area contributed by atoms with Gasteiger partial charge in [-0.05, 0) is 12.8 Å². The number of aliphatic carboxylic acids is 1. The molecular formula is C17H28O3. The fourth-order valence-corrected chi connectivity index (χ4v) is 1.91. The molecule has 0 radical (unpaired) electrons. The zero-order valence-electron chi connectivity index (χ0n) is 12.6. The minimum atomic E-state index is -1.36. The molecule has 0 heterocycles. The monoisotopic (exact) mass is 280 g/mol. The van der Waals surface area contributed by atoms with Crippen LogP contribution in [0.15, 0.2) is 24.3 Å². The molecule has 0 rings (SSSR count). The van der Waals surface area contributed by atoms with Gasteiger partial charge in [0.25, 0.3) is 0 Å². The Labute approximate surface area is 122 Å². The van der Waals surface area contributed by atoms with Crippen LogP contribution in [0.1, 0.15) is 71.1 Å². The number of carbonyl (C=O) groups is 2. The first-order valence-corrected chi connectivity index (χ1v) is 7.76. The highest BCUT2D eigenvalue weighted by atomic mass is 16.4. The van der Waals surface area contributed by atoms with E-state index in [9.17, 15) is 9.59 Å². The fraction of sp³-hybridized carbons (Fsp3) is 0.647. The number of hydrogen-bond donors (Lipinski definition) is 1. The van der Waals surface area contributed by atoms with Gasteiger partial charge in [-0.15, -0.1) is 0 Å². The van der Waals surface area contributed by atoms with Crippen molar-refractivity contribution in [3.8, 4) is 0 Å².